The number of carbonyl (C=O) groups excluding carboxylic acids is 1. The molecule has 0 bridgehead atoms. The van der Waals surface area contributed by atoms with Gasteiger partial charge in [-0.15, -0.1) is 0 Å². The first-order valence-electron chi connectivity index (χ1n) is 7.94. The van der Waals surface area contributed by atoms with Crippen LogP contribution in [-0.2, 0) is 6.54 Å². The molecule has 1 aromatic heterocycles. The second-order valence-corrected chi connectivity index (χ2v) is 6.07. The Morgan fingerprint density at radius 1 is 1.22 bits per heavy atom. The first-order chi connectivity index (χ1) is 11.0. The third-order valence-electron chi connectivity index (χ3n) is 3.45. The molecule has 2 N–H and O–H groups in total. The van der Waals surface area contributed by atoms with Crippen LogP contribution in [0.5, 0.6) is 0 Å². The second-order valence-electron chi connectivity index (χ2n) is 6.07. The largest absolute Gasteiger partial charge is 0.365 e. The van der Waals surface area contributed by atoms with Crippen molar-refractivity contribution in [3.05, 3.63) is 53.5 Å². The van der Waals surface area contributed by atoms with Crippen LogP contribution in [0, 0.1) is 12.8 Å². The van der Waals surface area contributed by atoms with Crippen molar-refractivity contribution in [1.29, 1.82) is 0 Å². The van der Waals surface area contributed by atoms with E-state index in [0.29, 0.717) is 30.5 Å². The third-order valence-corrected chi connectivity index (χ3v) is 3.45. The highest BCUT2D eigenvalue weighted by Crippen LogP contribution is 2.07. The molecule has 0 saturated carbocycles. The van der Waals surface area contributed by atoms with E-state index in [-0.39, 0.29) is 5.91 Å². The third kappa shape index (κ3) is 5.70. The predicted molar refractivity (Wildman–Crippen MR) is 92.3 cm³/mol. The lowest BCUT2D eigenvalue weighted by atomic mass is 10.1. The molecule has 2 aromatic rings. The molecule has 0 fully saturated rings. The first-order valence-corrected chi connectivity index (χ1v) is 7.94. The Hall–Kier alpha value is -2.43. The average molecular weight is 312 g/mol. The summed E-state index contributed by atoms with van der Waals surface area (Å²) in [6.45, 7) is 7.65. The van der Waals surface area contributed by atoms with Gasteiger partial charge in [-0.25, -0.2) is 9.97 Å². The molecule has 0 saturated heterocycles. The lowest BCUT2D eigenvalue weighted by molar-refractivity contribution is 0.0946. The number of carbonyl (C=O) groups is 1. The molecular weight excluding hydrogens is 288 g/mol. The van der Waals surface area contributed by atoms with Crippen LogP contribution in [-0.4, -0.2) is 22.4 Å². The molecule has 5 nitrogen and oxygen atoms in total. The normalized spacial score (nSPS) is 10.6. The number of hydrogen-bond acceptors (Lipinski definition) is 4. The first kappa shape index (κ1) is 16.9. The van der Waals surface area contributed by atoms with Gasteiger partial charge in [0.05, 0.1) is 12.4 Å². The fourth-order valence-electron chi connectivity index (χ4n) is 2.12. The van der Waals surface area contributed by atoms with Gasteiger partial charge in [0.1, 0.15) is 11.5 Å². The van der Waals surface area contributed by atoms with Crippen LogP contribution in [0.2, 0.25) is 0 Å². The van der Waals surface area contributed by atoms with Gasteiger partial charge in [-0.2, -0.15) is 0 Å². The minimum absolute atomic E-state index is 0.177. The van der Waals surface area contributed by atoms with E-state index >= 15 is 0 Å². The van der Waals surface area contributed by atoms with Crippen molar-refractivity contribution in [2.45, 2.75) is 33.7 Å². The predicted octanol–water partition coefficient (Wildman–Crippen LogP) is 3.17. The molecule has 0 aliphatic carbocycles. The summed E-state index contributed by atoms with van der Waals surface area (Å²) in [6.07, 6.45) is 4.05. The summed E-state index contributed by atoms with van der Waals surface area (Å²) in [5.41, 5.74) is 2.75. The van der Waals surface area contributed by atoms with Crippen molar-refractivity contribution < 1.29 is 4.79 Å². The summed E-state index contributed by atoms with van der Waals surface area (Å²) in [5.74, 6) is 1.04. The van der Waals surface area contributed by atoms with Gasteiger partial charge in [0, 0.05) is 13.1 Å². The van der Waals surface area contributed by atoms with E-state index < -0.39 is 0 Å². The Labute approximate surface area is 137 Å². The van der Waals surface area contributed by atoms with Crippen molar-refractivity contribution in [3.8, 4) is 0 Å². The van der Waals surface area contributed by atoms with E-state index in [2.05, 4.69) is 59.6 Å². The number of rotatable bonds is 7. The lowest BCUT2D eigenvalue weighted by Crippen LogP contribution is -2.26. The number of aryl methyl sites for hydroxylation is 1. The molecule has 23 heavy (non-hydrogen) atoms. The number of nitrogens with one attached hydrogen (secondary N) is 2. The molecule has 1 heterocycles. The Kier molecular flexibility index (Phi) is 6.09. The number of benzene rings is 1. The molecule has 122 valence electrons. The molecule has 0 unspecified atom stereocenters. The number of nitrogens with zero attached hydrogens (tertiary/aromatic N) is 2. The molecule has 0 atom stereocenters. The van der Waals surface area contributed by atoms with Crippen LogP contribution in [0.4, 0.5) is 5.82 Å². The molecule has 0 spiro atoms. The molecule has 1 aromatic carbocycles. The quantitative estimate of drug-likeness (QED) is 0.824. The Morgan fingerprint density at radius 2 is 2.04 bits per heavy atom. The molecule has 0 aliphatic rings. The maximum atomic E-state index is 11.9. The topological polar surface area (TPSA) is 66.9 Å². The van der Waals surface area contributed by atoms with E-state index in [1.807, 2.05) is 6.07 Å². The van der Waals surface area contributed by atoms with Gasteiger partial charge < -0.3 is 10.6 Å². The van der Waals surface area contributed by atoms with E-state index in [1.54, 1.807) is 6.20 Å². The Bertz CT molecular complexity index is 638. The molecule has 5 heteroatoms. The highest BCUT2D eigenvalue weighted by molar-refractivity contribution is 5.91. The number of anilines is 1. The fraction of sp³-hybridized carbons (Fsp3) is 0.389. The number of amides is 1. The van der Waals surface area contributed by atoms with Gasteiger partial charge in [-0.1, -0.05) is 43.7 Å². The zero-order valence-corrected chi connectivity index (χ0v) is 14.0. The van der Waals surface area contributed by atoms with E-state index in [4.69, 9.17) is 0 Å². The minimum Gasteiger partial charge on any atom is -0.365 e. The summed E-state index contributed by atoms with van der Waals surface area (Å²) < 4.78 is 0. The van der Waals surface area contributed by atoms with Gasteiger partial charge in [0.15, 0.2) is 0 Å². The number of aromatic nitrogens is 2. The van der Waals surface area contributed by atoms with Gasteiger partial charge in [0.25, 0.3) is 5.91 Å². The average Bonchev–Trinajstić information content (AvgIpc) is 2.53. The van der Waals surface area contributed by atoms with Gasteiger partial charge in [-0.3, -0.25) is 4.79 Å². The van der Waals surface area contributed by atoms with Crippen LogP contribution in [0.25, 0.3) is 0 Å². The van der Waals surface area contributed by atoms with Gasteiger partial charge in [-0.05, 0) is 24.8 Å². The maximum Gasteiger partial charge on any atom is 0.271 e. The minimum atomic E-state index is -0.177. The highest BCUT2D eigenvalue weighted by Gasteiger charge is 2.07. The summed E-state index contributed by atoms with van der Waals surface area (Å²) in [7, 11) is 0. The van der Waals surface area contributed by atoms with E-state index in [9.17, 15) is 4.79 Å². The van der Waals surface area contributed by atoms with Crippen molar-refractivity contribution in [3.63, 3.8) is 0 Å². The van der Waals surface area contributed by atoms with E-state index in [1.165, 1.54) is 17.3 Å². The van der Waals surface area contributed by atoms with Crippen molar-refractivity contribution >= 4 is 11.7 Å². The van der Waals surface area contributed by atoms with Crippen LogP contribution < -0.4 is 10.6 Å². The zero-order valence-electron chi connectivity index (χ0n) is 14.0. The molecular formula is C18H24N4O. The molecule has 1 amide bonds. The number of hydrogen-bond donors (Lipinski definition) is 2. The lowest BCUT2D eigenvalue weighted by Gasteiger charge is -2.08. The van der Waals surface area contributed by atoms with Crippen LogP contribution in [0.1, 0.15) is 41.9 Å². The van der Waals surface area contributed by atoms with Crippen LogP contribution >= 0.6 is 0 Å². The van der Waals surface area contributed by atoms with Crippen molar-refractivity contribution in [1.82, 2.24) is 15.3 Å². The van der Waals surface area contributed by atoms with Gasteiger partial charge in [0.2, 0.25) is 0 Å². The van der Waals surface area contributed by atoms with Crippen LogP contribution in [0.15, 0.2) is 36.7 Å². The summed E-state index contributed by atoms with van der Waals surface area (Å²) in [5, 5.41) is 6.06. The molecule has 0 radical (unpaired) electrons. The van der Waals surface area contributed by atoms with Crippen molar-refractivity contribution in [2.75, 3.05) is 11.9 Å². The summed E-state index contributed by atoms with van der Waals surface area (Å²) >= 11 is 0. The summed E-state index contributed by atoms with van der Waals surface area (Å²) in [6, 6.07) is 8.28. The highest BCUT2D eigenvalue weighted by atomic mass is 16.1. The Balaban J connectivity index is 1.85. The van der Waals surface area contributed by atoms with Gasteiger partial charge >= 0.3 is 0 Å². The Morgan fingerprint density at radius 3 is 2.70 bits per heavy atom. The zero-order chi connectivity index (χ0) is 16.7. The second kappa shape index (κ2) is 8.27. The summed E-state index contributed by atoms with van der Waals surface area (Å²) in [4.78, 5) is 20.3. The molecule has 0 aliphatic heterocycles. The molecule has 2 rings (SSSR count). The van der Waals surface area contributed by atoms with E-state index in [0.717, 1.165) is 6.42 Å². The standard InChI is InChI=1S/C18H24N4O/c1-13(2)7-8-19-18(23)16-11-22-17(12-20-16)21-10-15-6-4-5-14(3)9-15/h4-6,9,11-13H,7-8,10H2,1-3H3,(H,19,23)(H,21,22). The SMILES string of the molecule is Cc1cccc(CNc2cnc(C(=O)NCCC(C)C)cn2)c1. The van der Waals surface area contributed by atoms with Crippen LogP contribution in [0.3, 0.4) is 0 Å². The maximum absolute atomic E-state index is 11.9. The van der Waals surface area contributed by atoms with Crippen molar-refractivity contribution in [2.24, 2.45) is 5.92 Å². The smallest absolute Gasteiger partial charge is 0.271 e. The monoisotopic (exact) mass is 312 g/mol. The fourth-order valence-corrected chi connectivity index (χ4v) is 2.12.